The Kier molecular flexibility index (Phi) is 5.59. The van der Waals surface area contributed by atoms with E-state index in [0.717, 1.165) is 11.8 Å². The molecule has 1 heterocycles. The van der Waals surface area contributed by atoms with Gasteiger partial charge in [-0.2, -0.15) is 5.26 Å². The van der Waals surface area contributed by atoms with Crippen molar-refractivity contribution in [3.63, 3.8) is 0 Å². The summed E-state index contributed by atoms with van der Waals surface area (Å²) in [6.07, 6.45) is 0. The highest BCUT2D eigenvalue weighted by atomic mass is 32.2. The fourth-order valence-electron chi connectivity index (χ4n) is 0.905. The molecule has 1 aromatic heterocycles. The maximum absolute atomic E-state index is 11.2. The lowest BCUT2D eigenvalue weighted by atomic mass is 10.6. The first kappa shape index (κ1) is 13.9. The summed E-state index contributed by atoms with van der Waals surface area (Å²) in [6.45, 7) is -0.169. The molecule has 0 fully saturated rings. The Bertz CT molecular complexity index is 468. The molecule has 1 rings (SSSR count). The number of nitrogens with zero attached hydrogens (tertiary/aromatic N) is 5. The number of nitrogens with one attached hydrogen (secondary N) is 1. The Morgan fingerprint density at radius 2 is 2.39 bits per heavy atom. The molecule has 0 radical (unpaired) electrons. The smallest absolute Gasteiger partial charge is 0.327 e. The van der Waals surface area contributed by atoms with Gasteiger partial charge in [0, 0.05) is 0 Å². The van der Waals surface area contributed by atoms with Gasteiger partial charge in [0.25, 0.3) is 0 Å². The molecule has 0 aliphatic rings. The second-order valence-corrected chi connectivity index (χ2v) is 3.86. The van der Waals surface area contributed by atoms with Crippen LogP contribution < -0.4 is 5.32 Å². The van der Waals surface area contributed by atoms with Gasteiger partial charge in [-0.05, 0) is 10.4 Å². The molecule has 1 aromatic rings. The summed E-state index contributed by atoms with van der Waals surface area (Å²) in [6, 6.07) is 1.79. The van der Waals surface area contributed by atoms with Crippen molar-refractivity contribution in [3.8, 4) is 6.07 Å². The summed E-state index contributed by atoms with van der Waals surface area (Å²) in [5.74, 6) is -0.740. The molecule has 0 aliphatic heterocycles. The fourth-order valence-corrected chi connectivity index (χ4v) is 1.61. The summed E-state index contributed by atoms with van der Waals surface area (Å²) in [5.41, 5.74) is 0. The number of nitriles is 1. The van der Waals surface area contributed by atoms with E-state index < -0.39 is 5.97 Å². The van der Waals surface area contributed by atoms with Crippen LogP contribution in [0.1, 0.15) is 0 Å². The zero-order chi connectivity index (χ0) is 13.4. The van der Waals surface area contributed by atoms with Gasteiger partial charge in [-0.1, -0.05) is 11.8 Å². The molecular formula is C8H10N6O3S. The Morgan fingerprint density at radius 3 is 3.06 bits per heavy atom. The second kappa shape index (κ2) is 7.23. The topological polar surface area (TPSA) is 123 Å². The highest BCUT2D eigenvalue weighted by Crippen LogP contribution is 2.12. The van der Waals surface area contributed by atoms with Crippen molar-refractivity contribution in [2.45, 2.75) is 11.7 Å². The van der Waals surface area contributed by atoms with Gasteiger partial charge in [0.15, 0.2) is 0 Å². The maximum atomic E-state index is 11.2. The number of hydrogen-bond donors (Lipinski definition) is 1. The van der Waals surface area contributed by atoms with Gasteiger partial charge in [0.2, 0.25) is 11.1 Å². The standard InChI is InChI=1S/C8H10N6O3S/c1-17-7(16)4-14-8(11-12-13-14)18-5-6(15)10-3-2-9/h3-5H2,1H3,(H,10,15). The predicted molar refractivity (Wildman–Crippen MR) is 59.2 cm³/mol. The predicted octanol–water partition coefficient (Wildman–Crippen LogP) is -1.42. The van der Waals surface area contributed by atoms with Crippen molar-refractivity contribution < 1.29 is 14.3 Å². The summed E-state index contributed by atoms with van der Waals surface area (Å²) in [5, 5.41) is 21.6. The third-order valence-corrected chi connectivity index (χ3v) is 2.66. The van der Waals surface area contributed by atoms with Crippen LogP contribution in [0.25, 0.3) is 0 Å². The van der Waals surface area contributed by atoms with Crippen LogP contribution in [0.3, 0.4) is 0 Å². The van der Waals surface area contributed by atoms with E-state index in [1.54, 1.807) is 6.07 Å². The average molecular weight is 270 g/mol. The molecule has 10 heteroatoms. The highest BCUT2D eigenvalue weighted by Gasteiger charge is 2.12. The molecule has 0 bridgehead atoms. The molecule has 0 aliphatic carbocycles. The van der Waals surface area contributed by atoms with Gasteiger partial charge >= 0.3 is 5.97 Å². The number of aromatic nitrogens is 4. The number of carbonyl (C=O) groups is 2. The third kappa shape index (κ3) is 4.38. The van der Waals surface area contributed by atoms with Crippen molar-refractivity contribution in [2.75, 3.05) is 19.4 Å². The molecule has 0 saturated heterocycles. The van der Waals surface area contributed by atoms with E-state index in [1.807, 2.05) is 0 Å². The molecule has 1 N–H and O–H groups in total. The first-order valence-electron chi connectivity index (χ1n) is 4.76. The van der Waals surface area contributed by atoms with E-state index in [0.29, 0.717) is 5.16 Å². The van der Waals surface area contributed by atoms with Crippen molar-refractivity contribution in [1.82, 2.24) is 25.5 Å². The number of thioether (sulfide) groups is 1. The number of hydrogen-bond acceptors (Lipinski definition) is 8. The minimum absolute atomic E-state index is 0.0491. The van der Waals surface area contributed by atoms with Crippen LogP contribution in [-0.4, -0.2) is 51.5 Å². The maximum Gasteiger partial charge on any atom is 0.327 e. The first-order chi connectivity index (χ1) is 8.67. The zero-order valence-corrected chi connectivity index (χ0v) is 10.3. The van der Waals surface area contributed by atoms with Crippen LogP contribution in [0.4, 0.5) is 0 Å². The van der Waals surface area contributed by atoms with Crippen LogP contribution in [0, 0.1) is 11.3 Å². The lowest BCUT2D eigenvalue weighted by molar-refractivity contribution is -0.141. The number of tetrazole rings is 1. The number of ether oxygens (including phenoxy) is 1. The monoisotopic (exact) mass is 270 g/mol. The summed E-state index contributed by atoms with van der Waals surface area (Å²) >= 11 is 1.06. The summed E-state index contributed by atoms with van der Waals surface area (Å²) in [7, 11) is 1.26. The van der Waals surface area contributed by atoms with E-state index in [-0.39, 0.29) is 24.7 Å². The van der Waals surface area contributed by atoms with Crippen molar-refractivity contribution in [3.05, 3.63) is 0 Å². The first-order valence-corrected chi connectivity index (χ1v) is 5.75. The number of carbonyl (C=O) groups excluding carboxylic acids is 2. The Labute approximate surface area is 106 Å². The second-order valence-electron chi connectivity index (χ2n) is 2.92. The molecule has 0 unspecified atom stereocenters. The van der Waals surface area contributed by atoms with E-state index >= 15 is 0 Å². The molecule has 0 aromatic carbocycles. The molecule has 0 saturated carbocycles. The molecular weight excluding hydrogens is 260 g/mol. The lowest BCUT2D eigenvalue weighted by Crippen LogP contribution is -2.25. The molecule has 0 atom stereocenters. The van der Waals surface area contributed by atoms with E-state index in [9.17, 15) is 9.59 Å². The van der Waals surface area contributed by atoms with Gasteiger partial charge < -0.3 is 10.1 Å². The van der Waals surface area contributed by atoms with Gasteiger partial charge in [0.05, 0.1) is 18.9 Å². The molecule has 96 valence electrons. The molecule has 1 amide bonds. The average Bonchev–Trinajstić information content (AvgIpc) is 2.81. The quantitative estimate of drug-likeness (QED) is 0.379. The van der Waals surface area contributed by atoms with Crippen LogP contribution >= 0.6 is 11.8 Å². The minimum Gasteiger partial charge on any atom is -0.468 e. The van der Waals surface area contributed by atoms with Crippen molar-refractivity contribution in [2.24, 2.45) is 0 Å². The van der Waals surface area contributed by atoms with Gasteiger partial charge in [0.1, 0.15) is 13.1 Å². The van der Waals surface area contributed by atoms with Crippen molar-refractivity contribution >= 4 is 23.6 Å². The molecule has 0 spiro atoms. The van der Waals surface area contributed by atoms with Crippen molar-refractivity contribution in [1.29, 1.82) is 5.26 Å². The van der Waals surface area contributed by atoms with E-state index in [2.05, 4.69) is 25.6 Å². The molecule has 9 nitrogen and oxygen atoms in total. The SMILES string of the molecule is COC(=O)Cn1nnnc1SCC(=O)NCC#N. The fraction of sp³-hybridized carbons (Fsp3) is 0.500. The van der Waals surface area contributed by atoms with Crippen LogP contribution in [0.2, 0.25) is 0 Å². The largest absolute Gasteiger partial charge is 0.468 e. The van der Waals surface area contributed by atoms with Crippen LogP contribution in [0.15, 0.2) is 5.16 Å². The summed E-state index contributed by atoms with van der Waals surface area (Å²) in [4.78, 5) is 22.3. The Balaban J connectivity index is 2.48. The highest BCUT2D eigenvalue weighted by molar-refractivity contribution is 7.99. The third-order valence-electron chi connectivity index (χ3n) is 1.70. The minimum atomic E-state index is -0.488. The number of methoxy groups -OCH3 is 1. The normalized spacial score (nSPS) is 9.56. The number of esters is 1. The Hall–Kier alpha value is -2.15. The lowest BCUT2D eigenvalue weighted by Gasteiger charge is -2.02. The number of rotatable bonds is 6. The zero-order valence-electron chi connectivity index (χ0n) is 9.49. The van der Waals surface area contributed by atoms with E-state index in [1.165, 1.54) is 11.8 Å². The Morgan fingerprint density at radius 1 is 1.61 bits per heavy atom. The van der Waals surface area contributed by atoms with Crippen LogP contribution in [-0.2, 0) is 20.9 Å². The molecule has 18 heavy (non-hydrogen) atoms. The van der Waals surface area contributed by atoms with Gasteiger partial charge in [-0.25, -0.2) is 4.68 Å². The van der Waals surface area contributed by atoms with Gasteiger partial charge in [-0.15, -0.1) is 5.10 Å². The number of amides is 1. The van der Waals surface area contributed by atoms with Crippen LogP contribution in [0.5, 0.6) is 0 Å². The van der Waals surface area contributed by atoms with E-state index in [4.69, 9.17) is 5.26 Å². The van der Waals surface area contributed by atoms with Gasteiger partial charge in [-0.3, -0.25) is 9.59 Å². The summed E-state index contributed by atoms with van der Waals surface area (Å²) < 4.78 is 5.71.